The van der Waals surface area contributed by atoms with Crippen LogP contribution in [0.2, 0.25) is 0 Å². The molecule has 1 saturated heterocycles. The first kappa shape index (κ1) is 14.7. The number of halogens is 3. The van der Waals surface area contributed by atoms with E-state index in [4.69, 9.17) is 0 Å². The first-order valence-electron chi connectivity index (χ1n) is 5.47. The van der Waals surface area contributed by atoms with E-state index in [1.54, 1.807) is 14.1 Å². The van der Waals surface area contributed by atoms with Crippen LogP contribution in [0, 0.1) is 5.92 Å². The summed E-state index contributed by atoms with van der Waals surface area (Å²) in [5, 5.41) is 0.954. The summed E-state index contributed by atoms with van der Waals surface area (Å²) < 4.78 is 35.9. The number of carbonyl (C=O) groups is 2. The SMILES string of the molecule is CN(C)C(=O)C1CCN(OC(=O)C(F)(F)F)CC1. The minimum Gasteiger partial charge on any atom is -0.361 e. The molecule has 1 aliphatic heterocycles. The van der Waals surface area contributed by atoms with Crippen LogP contribution < -0.4 is 0 Å². The van der Waals surface area contributed by atoms with Crippen molar-refractivity contribution in [2.75, 3.05) is 27.2 Å². The number of carbonyl (C=O) groups excluding carboxylic acids is 2. The minimum atomic E-state index is -4.99. The van der Waals surface area contributed by atoms with Gasteiger partial charge in [-0.15, -0.1) is 5.06 Å². The third-order valence-electron chi connectivity index (χ3n) is 2.69. The van der Waals surface area contributed by atoms with Gasteiger partial charge in [0.2, 0.25) is 5.91 Å². The summed E-state index contributed by atoms with van der Waals surface area (Å²) in [5.74, 6) is -2.50. The van der Waals surface area contributed by atoms with Gasteiger partial charge in [-0.1, -0.05) is 0 Å². The topological polar surface area (TPSA) is 49.9 Å². The number of rotatable bonds is 2. The monoisotopic (exact) mass is 268 g/mol. The average molecular weight is 268 g/mol. The molecule has 0 N–H and O–H groups in total. The quantitative estimate of drug-likeness (QED) is 0.743. The molecule has 1 heterocycles. The Bertz CT molecular complexity index is 323. The van der Waals surface area contributed by atoms with Crippen molar-refractivity contribution in [3.63, 3.8) is 0 Å². The highest BCUT2D eigenvalue weighted by Gasteiger charge is 2.43. The number of hydrogen-bond acceptors (Lipinski definition) is 4. The van der Waals surface area contributed by atoms with Crippen molar-refractivity contribution in [3.8, 4) is 0 Å². The van der Waals surface area contributed by atoms with Crippen LogP contribution in [0.1, 0.15) is 12.8 Å². The lowest BCUT2D eigenvalue weighted by Gasteiger charge is -2.31. The summed E-state index contributed by atoms with van der Waals surface area (Å²) in [7, 11) is 3.25. The number of nitrogens with zero attached hydrogens (tertiary/aromatic N) is 2. The van der Waals surface area contributed by atoms with Crippen LogP contribution in [-0.4, -0.2) is 55.2 Å². The lowest BCUT2D eigenvalue weighted by atomic mass is 9.97. The molecule has 0 saturated carbocycles. The Balaban J connectivity index is 2.41. The van der Waals surface area contributed by atoms with Gasteiger partial charge in [0.15, 0.2) is 0 Å². The molecule has 104 valence electrons. The lowest BCUT2D eigenvalue weighted by Crippen LogP contribution is -2.42. The molecule has 18 heavy (non-hydrogen) atoms. The Morgan fingerprint density at radius 1 is 1.22 bits per heavy atom. The molecule has 1 amide bonds. The van der Waals surface area contributed by atoms with Crippen molar-refractivity contribution in [1.82, 2.24) is 9.96 Å². The molecule has 0 radical (unpaired) electrons. The predicted molar refractivity (Wildman–Crippen MR) is 55.1 cm³/mol. The molecule has 0 aliphatic carbocycles. The Kier molecular flexibility index (Phi) is 4.55. The molecule has 0 aromatic carbocycles. The van der Waals surface area contributed by atoms with E-state index in [-0.39, 0.29) is 24.9 Å². The zero-order chi connectivity index (χ0) is 13.9. The van der Waals surface area contributed by atoms with E-state index >= 15 is 0 Å². The van der Waals surface area contributed by atoms with E-state index in [2.05, 4.69) is 4.84 Å². The highest BCUT2D eigenvalue weighted by atomic mass is 19.4. The van der Waals surface area contributed by atoms with E-state index in [1.807, 2.05) is 0 Å². The first-order chi connectivity index (χ1) is 8.21. The third kappa shape index (κ3) is 3.86. The van der Waals surface area contributed by atoms with Crippen molar-refractivity contribution in [3.05, 3.63) is 0 Å². The van der Waals surface area contributed by atoms with Gasteiger partial charge < -0.3 is 9.74 Å². The highest BCUT2D eigenvalue weighted by Crippen LogP contribution is 2.22. The molecular formula is C10H15F3N2O3. The summed E-state index contributed by atoms with van der Waals surface area (Å²) >= 11 is 0. The highest BCUT2D eigenvalue weighted by molar-refractivity contribution is 5.78. The van der Waals surface area contributed by atoms with E-state index in [0.717, 1.165) is 5.06 Å². The van der Waals surface area contributed by atoms with Crippen LogP contribution in [0.4, 0.5) is 13.2 Å². The predicted octanol–water partition coefficient (Wildman–Crippen LogP) is 0.807. The summed E-state index contributed by atoms with van der Waals surface area (Å²) in [6.45, 7) is 0.262. The number of alkyl halides is 3. The second-order valence-corrected chi connectivity index (χ2v) is 4.31. The molecule has 1 fully saturated rings. The van der Waals surface area contributed by atoms with Gasteiger partial charge in [-0.2, -0.15) is 13.2 Å². The van der Waals surface area contributed by atoms with Crippen LogP contribution in [0.15, 0.2) is 0 Å². The maximum Gasteiger partial charge on any atom is 0.492 e. The summed E-state index contributed by atoms with van der Waals surface area (Å²) in [4.78, 5) is 27.8. The molecule has 0 aromatic rings. The van der Waals surface area contributed by atoms with Crippen molar-refractivity contribution >= 4 is 11.9 Å². The summed E-state index contributed by atoms with van der Waals surface area (Å²) in [6.07, 6.45) is -4.24. The third-order valence-corrected chi connectivity index (χ3v) is 2.69. The smallest absolute Gasteiger partial charge is 0.361 e. The van der Waals surface area contributed by atoms with Crippen LogP contribution in [0.25, 0.3) is 0 Å². The Morgan fingerprint density at radius 2 is 1.72 bits per heavy atom. The maximum absolute atomic E-state index is 12.0. The average Bonchev–Trinajstić information content (AvgIpc) is 2.27. The van der Waals surface area contributed by atoms with E-state index in [0.29, 0.717) is 12.8 Å². The fourth-order valence-electron chi connectivity index (χ4n) is 1.73. The van der Waals surface area contributed by atoms with Gasteiger partial charge in [0.25, 0.3) is 0 Å². The molecule has 0 bridgehead atoms. The first-order valence-corrected chi connectivity index (χ1v) is 5.47. The van der Waals surface area contributed by atoms with Crippen LogP contribution >= 0.6 is 0 Å². The van der Waals surface area contributed by atoms with Crippen LogP contribution in [-0.2, 0) is 14.4 Å². The fraction of sp³-hybridized carbons (Fsp3) is 0.800. The molecule has 0 unspecified atom stereocenters. The standard InChI is InChI=1S/C10H15F3N2O3/c1-14(2)8(16)7-3-5-15(6-4-7)18-9(17)10(11,12)13/h7H,3-6H2,1-2H3. The Hall–Kier alpha value is -1.31. The Morgan fingerprint density at radius 3 is 2.11 bits per heavy atom. The van der Waals surface area contributed by atoms with Crippen molar-refractivity contribution in [2.45, 2.75) is 19.0 Å². The van der Waals surface area contributed by atoms with Gasteiger partial charge in [0.1, 0.15) is 0 Å². The largest absolute Gasteiger partial charge is 0.492 e. The number of hydrogen-bond donors (Lipinski definition) is 0. The zero-order valence-corrected chi connectivity index (χ0v) is 10.2. The maximum atomic E-state index is 12.0. The van der Waals surface area contributed by atoms with Gasteiger partial charge >= 0.3 is 12.1 Å². The Labute approximate surface area is 102 Å². The van der Waals surface area contributed by atoms with E-state index in [9.17, 15) is 22.8 Å². The second-order valence-electron chi connectivity index (χ2n) is 4.31. The molecule has 0 atom stereocenters. The molecular weight excluding hydrogens is 253 g/mol. The molecule has 8 heteroatoms. The molecule has 0 spiro atoms. The molecule has 1 rings (SSSR count). The lowest BCUT2D eigenvalue weighted by molar-refractivity contribution is -0.242. The van der Waals surface area contributed by atoms with Crippen LogP contribution in [0.3, 0.4) is 0 Å². The van der Waals surface area contributed by atoms with Gasteiger partial charge in [0, 0.05) is 33.1 Å². The second kappa shape index (κ2) is 5.55. The fourth-order valence-corrected chi connectivity index (χ4v) is 1.73. The minimum absolute atomic E-state index is 0.0585. The van der Waals surface area contributed by atoms with E-state index < -0.39 is 12.1 Å². The zero-order valence-electron chi connectivity index (χ0n) is 10.2. The number of hydroxylamine groups is 2. The van der Waals surface area contributed by atoms with Crippen molar-refractivity contribution in [1.29, 1.82) is 0 Å². The van der Waals surface area contributed by atoms with Gasteiger partial charge in [-0.3, -0.25) is 4.79 Å². The normalized spacial score (nSPS) is 18.5. The van der Waals surface area contributed by atoms with Gasteiger partial charge in [0.05, 0.1) is 0 Å². The number of piperidine rings is 1. The van der Waals surface area contributed by atoms with Crippen molar-refractivity contribution < 1.29 is 27.6 Å². The molecule has 1 aliphatic rings. The van der Waals surface area contributed by atoms with Gasteiger partial charge in [-0.05, 0) is 12.8 Å². The van der Waals surface area contributed by atoms with E-state index in [1.165, 1.54) is 4.90 Å². The summed E-state index contributed by atoms with van der Waals surface area (Å²) in [5.41, 5.74) is 0. The van der Waals surface area contributed by atoms with Crippen molar-refractivity contribution in [2.24, 2.45) is 5.92 Å². The molecule has 5 nitrogen and oxygen atoms in total. The van der Waals surface area contributed by atoms with Crippen LogP contribution in [0.5, 0.6) is 0 Å². The summed E-state index contributed by atoms with van der Waals surface area (Å²) in [6, 6.07) is 0. The number of amides is 1. The molecule has 0 aromatic heterocycles. The van der Waals surface area contributed by atoms with Gasteiger partial charge in [-0.25, -0.2) is 4.79 Å².